The Balaban J connectivity index is 1.49. The van der Waals surface area contributed by atoms with Gasteiger partial charge in [0.05, 0.1) is 6.61 Å². The second kappa shape index (κ2) is 8.79. The van der Waals surface area contributed by atoms with Gasteiger partial charge in [-0.3, -0.25) is 4.79 Å². The molecule has 4 nitrogen and oxygen atoms in total. The number of nitrogens with one attached hydrogen (secondary N) is 1. The first kappa shape index (κ1) is 19.1. The van der Waals surface area contributed by atoms with Crippen molar-refractivity contribution in [1.29, 1.82) is 0 Å². The Labute approximate surface area is 155 Å². The predicted molar refractivity (Wildman–Crippen MR) is 97.6 cm³/mol. The summed E-state index contributed by atoms with van der Waals surface area (Å²) in [6.07, 6.45) is 2.33. The van der Waals surface area contributed by atoms with Gasteiger partial charge in [0, 0.05) is 31.3 Å². The number of benzene rings is 2. The fraction of sp³-hybridized carbons (Fsp3) is 0.350. The average molecular weight is 378 g/mol. The largest absolute Gasteiger partial charge is 0.493 e. The molecule has 1 aliphatic heterocycles. The van der Waals surface area contributed by atoms with Gasteiger partial charge in [0.25, 0.3) is 0 Å². The molecule has 3 rings (SSSR count). The SMILES string of the molecule is O=C(CCCOc1cccc(F)c1)Nc1cc(F)c(N2CCCC2)c(F)c1. The minimum Gasteiger partial charge on any atom is -0.493 e. The molecule has 0 saturated carbocycles. The molecular weight excluding hydrogens is 357 g/mol. The third-order valence-corrected chi connectivity index (χ3v) is 4.34. The van der Waals surface area contributed by atoms with Crippen molar-refractivity contribution in [2.45, 2.75) is 25.7 Å². The fourth-order valence-electron chi connectivity index (χ4n) is 3.08. The van der Waals surface area contributed by atoms with Gasteiger partial charge in [-0.2, -0.15) is 0 Å². The molecule has 1 saturated heterocycles. The molecular formula is C20H21F3N2O2. The Morgan fingerprint density at radius 1 is 1.07 bits per heavy atom. The molecule has 27 heavy (non-hydrogen) atoms. The van der Waals surface area contributed by atoms with E-state index >= 15 is 0 Å². The molecule has 1 aliphatic rings. The molecule has 0 atom stereocenters. The Bertz CT molecular complexity index is 785. The van der Waals surface area contributed by atoms with Crippen LogP contribution < -0.4 is 15.0 Å². The number of nitrogens with zero attached hydrogens (tertiary/aromatic N) is 1. The van der Waals surface area contributed by atoms with Gasteiger partial charge in [-0.15, -0.1) is 0 Å². The highest BCUT2D eigenvalue weighted by molar-refractivity contribution is 5.90. The van der Waals surface area contributed by atoms with Gasteiger partial charge >= 0.3 is 0 Å². The Morgan fingerprint density at radius 3 is 2.44 bits per heavy atom. The smallest absolute Gasteiger partial charge is 0.224 e. The van der Waals surface area contributed by atoms with Crippen LogP contribution in [0.4, 0.5) is 24.5 Å². The van der Waals surface area contributed by atoms with Gasteiger partial charge in [-0.1, -0.05) is 6.07 Å². The lowest BCUT2D eigenvalue weighted by atomic mass is 10.2. The van der Waals surface area contributed by atoms with Crippen molar-refractivity contribution < 1.29 is 22.7 Å². The van der Waals surface area contributed by atoms with Gasteiger partial charge < -0.3 is 15.0 Å². The number of hydrogen-bond acceptors (Lipinski definition) is 3. The molecule has 144 valence electrons. The monoisotopic (exact) mass is 378 g/mol. The van der Waals surface area contributed by atoms with Gasteiger partial charge in [0.15, 0.2) is 11.6 Å². The van der Waals surface area contributed by atoms with Crippen molar-refractivity contribution in [3.63, 3.8) is 0 Å². The number of anilines is 2. The summed E-state index contributed by atoms with van der Waals surface area (Å²) in [6.45, 7) is 1.49. The van der Waals surface area contributed by atoms with E-state index in [1.54, 1.807) is 11.0 Å². The van der Waals surface area contributed by atoms with Gasteiger partial charge in [-0.05, 0) is 43.5 Å². The lowest BCUT2D eigenvalue weighted by Gasteiger charge is -2.19. The van der Waals surface area contributed by atoms with Crippen LogP contribution >= 0.6 is 0 Å². The van der Waals surface area contributed by atoms with Crippen LogP contribution in [0.5, 0.6) is 5.75 Å². The van der Waals surface area contributed by atoms with E-state index in [-0.39, 0.29) is 30.3 Å². The number of amides is 1. The normalized spacial score (nSPS) is 13.7. The third kappa shape index (κ3) is 5.15. The molecule has 1 fully saturated rings. The lowest BCUT2D eigenvalue weighted by Crippen LogP contribution is -2.21. The predicted octanol–water partition coefficient (Wildman–Crippen LogP) is 4.50. The number of rotatable bonds is 7. The van der Waals surface area contributed by atoms with Crippen molar-refractivity contribution >= 4 is 17.3 Å². The standard InChI is InChI=1S/C20H21F3N2O2/c21-14-5-3-6-16(11-14)27-10-4-7-19(26)24-15-12-17(22)20(18(23)13-15)25-8-1-2-9-25/h3,5-6,11-13H,1-2,4,7-10H2,(H,24,26). The zero-order chi connectivity index (χ0) is 19.2. The maximum atomic E-state index is 14.3. The zero-order valence-corrected chi connectivity index (χ0v) is 14.8. The summed E-state index contributed by atoms with van der Waals surface area (Å²) < 4.78 is 46.9. The minimum atomic E-state index is -0.679. The maximum Gasteiger partial charge on any atom is 0.224 e. The number of ether oxygens (including phenoxy) is 1. The topological polar surface area (TPSA) is 41.6 Å². The van der Waals surface area contributed by atoms with Gasteiger partial charge in [0.1, 0.15) is 17.3 Å². The van der Waals surface area contributed by atoms with E-state index in [2.05, 4.69) is 5.32 Å². The molecule has 0 aliphatic carbocycles. The van der Waals surface area contributed by atoms with Gasteiger partial charge in [-0.25, -0.2) is 13.2 Å². The Hall–Kier alpha value is -2.70. The summed E-state index contributed by atoms with van der Waals surface area (Å²) in [7, 11) is 0. The highest BCUT2D eigenvalue weighted by Crippen LogP contribution is 2.29. The number of hydrogen-bond donors (Lipinski definition) is 1. The van der Waals surface area contributed by atoms with E-state index in [0.29, 0.717) is 25.3 Å². The number of carbonyl (C=O) groups excluding carboxylic acids is 1. The molecule has 2 aromatic rings. The first-order valence-electron chi connectivity index (χ1n) is 8.95. The molecule has 0 aromatic heterocycles. The summed E-state index contributed by atoms with van der Waals surface area (Å²) in [5.41, 5.74) is 0.0537. The van der Waals surface area contributed by atoms with Crippen LogP contribution in [0.25, 0.3) is 0 Å². The summed E-state index contributed by atoms with van der Waals surface area (Å²) in [5, 5.41) is 2.50. The Kier molecular flexibility index (Phi) is 6.21. The van der Waals surface area contributed by atoms with E-state index in [4.69, 9.17) is 4.74 Å². The van der Waals surface area contributed by atoms with E-state index in [1.807, 2.05) is 0 Å². The Morgan fingerprint density at radius 2 is 1.78 bits per heavy atom. The third-order valence-electron chi connectivity index (χ3n) is 4.34. The van der Waals surface area contributed by atoms with E-state index in [0.717, 1.165) is 25.0 Å². The highest BCUT2D eigenvalue weighted by atomic mass is 19.1. The van der Waals surface area contributed by atoms with Crippen LogP contribution in [0.1, 0.15) is 25.7 Å². The van der Waals surface area contributed by atoms with Crippen molar-refractivity contribution in [3.8, 4) is 5.75 Å². The van der Waals surface area contributed by atoms with E-state index < -0.39 is 17.5 Å². The number of carbonyl (C=O) groups is 1. The van der Waals surface area contributed by atoms with Crippen LogP contribution in [0.2, 0.25) is 0 Å². The molecule has 0 unspecified atom stereocenters. The summed E-state index contributed by atoms with van der Waals surface area (Å²) in [5.74, 6) is -1.74. The highest BCUT2D eigenvalue weighted by Gasteiger charge is 2.21. The van der Waals surface area contributed by atoms with Crippen molar-refractivity contribution in [2.75, 3.05) is 29.9 Å². The molecule has 1 N–H and O–H groups in total. The minimum absolute atomic E-state index is 0.0333. The fourth-order valence-corrected chi connectivity index (χ4v) is 3.08. The summed E-state index contributed by atoms with van der Waals surface area (Å²) >= 11 is 0. The quantitative estimate of drug-likeness (QED) is 0.721. The van der Waals surface area contributed by atoms with Crippen LogP contribution in [0.15, 0.2) is 36.4 Å². The van der Waals surface area contributed by atoms with Crippen LogP contribution in [-0.4, -0.2) is 25.6 Å². The molecule has 1 amide bonds. The maximum absolute atomic E-state index is 14.3. The van der Waals surface area contributed by atoms with Crippen LogP contribution in [0.3, 0.4) is 0 Å². The first-order chi connectivity index (χ1) is 13.0. The van der Waals surface area contributed by atoms with E-state index in [1.165, 1.54) is 18.2 Å². The zero-order valence-electron chi connectivity index (χ0n) is 14.8. The number of halogens is 3. The second-order valence-corrected chi connectivity index (χ2v) is 6.44. The average Bonchev–Trinajstić information content (AvgIpc) is 3.12. The van der Waals surface area contributed by atoms with Gasteiger partial charge in [0.2, 0.25) is 5.91 Å². The molecule has 7 heteroatoms. The van der Waals surface area contributed by atoms with Crippen molar-refractivity contribution in [1.82, 2.24) is 0 Å². The molecule has 0 spiro atoms. The summed E-state index contributed by atoms with van der Waals surface area (Å²) in [4.78, 5) is 13.6. The molecule has 0 radical (unpaired) electrons. The lowest BCUT2D eigenvalue weighted by molar-refractivity contribution is -0.116. The molecule has 1 heterocycles. The van der Waals surface area contributed by atoms with Crippen LogP contribution in [0, 0.1) is 17.5 Å². The second-order valence-electron chi connectivity index (χ2n) is 6.44. The van der Waals surface area contributed by atoms with Crippen molar-refractivity contribution in [2.24, 2.45) is 0 Å². The van der Waals surface area contributed by atoms with E-state index in [9.17, 15) is 18.0 Å². The first-order valence-corrected chi connectivity index (χ1v) is 8.95. The molecule has 0 bridgehead atoms. The molecule has 2 aromatic carbocycles. The summed E-state index contributed by atoms with van der Waals surface area (Å²) in [6, 6.07) is 8.00. The van der Waals surface area contributed by atoms with Crippen molar-refractivity contribution in [3.05, 3.63) is 53.8 Å². The van der Waals surface area contributed by atoms with Crippen LogP contribution in [-0.2, 0) is 4.79 Å².